The smallest absolute Gasteiger partial charge is 0.169 e. The van der Waals surface area contributed by atoms with Crippen LogP contribution in [0, 0.1) is 6.92 Å². The first-order chi connectivity index (χ1) is 7.79. The van der Waals surface area contributed by atoms with Crippen molar-refractivity contribution >= 4 is 17.2 Å². The number of rotatable bonds is 4. The molecule has 0 amide bonds. The number of thiazole rings is 1. The Bertz CT molecular complexity index is 456. The summed E-state index contributed by atoms with van der Waals surface area (Å²) < 4.78 is 5.23. The lowest BCUT2D eigenvalue weighted by atomic mass is 10.3. The zero-order chi connectivity index (χ0) is 11.4. The zero-order valence-electron chi connectivity index (χ0n) is 9.23. The van der Waals surface area contributed by atoms with Gasteiger partial charge in [-0.05, 0) is 19.1 Å². The summed E-state index contributed by atoms with van der Waals surface area (Å²) in [5.74, 6) is 1.51. The molecule has 0 aliphatic heterocycles. The fourth-order valence-corrected chi connectivity index (χ4v) is 1.89. The van der Waals surface area contributed by atoms with Crippen LogP contribution in [0.5, 0.6) is 5.75 Å². The molecule has 16 heavy (non-hydrogen) atoms. The third kappa shape index (κ3) is 2.49. The van der Waals surface area contributed by atoms with Crippen LogP contribution in [-0.4, -0.2) is 17.1 Å². The molecule has 2 aromatic heterocycles. The molecule has 2 aromatic rings. The largest absolute Gasteiger partial charge is 0.493 e. The van der Waals surface area contributed by atoms with Gasteiger partial charge in [0.1, 0.15) is 0 Å². The lowest BCUT2D eigenvalue weighted by Crippen LogP contribution is -2.04. The molecule has 0 unspecified atom stereocenters. The number of hydrogen-bond donors (Lipinski definition) is 1. The summed E-state index contributed by atoms with van der Waals surface area (Å²) in [5.41, 5.74) is 3.79. The molecule has 84 valence electrons. The number of aromatic nitrogens is 2. The van der Waals surface area contributed by atoms with Gasteiger partial charge in [-0.3, -0.25) is 0 Å². The molecular formula is C11H13N3OS. The Morgan fingerprint density at radius 1 is 1.44 bits per heavy atom. The summed E-state index contributed by atoms with van der Waals surface area (Å²) in [6.45, 7) is 2.61. The number of pyridine rings is 1. The monoisotopic (exact) mass is 235 g/mol. The maximum absolute atomic E-state index is 5.23. The average molecular weight is 235 g/mol. The lowest BCUT2D eigenvalue weighted by Gasteiger charge is -2.09. The van der Waals surface area contributed by atoms with Gasteiger partial charge in [0, 0.05) is 11.1 Å². The van der Waals surface area contributed by atoms with E-state index in [0.717, 1.165) is 23.0 Å². The van der Waals surface area contributed by atoms with E-state index >= 15 is 0 Å². The highest BCUT2D eigenvalue weighted by molar-refractivity contribution is 7.07. The van der Waals surface area contributed by atoms with E-state index < -0.39 is 0 Å². The molecule has 0 radical (unpaired) electrons. The molecule has 0 saturated carbocycles. The summed E-state index contributed by atoms with van der Waals surface area (Å²) in [5, 5.41) is 5.22. The van der Waals surface area contributed by atoms with Crippen molar-refractivity contribution in [3.8, 4) is 5.75 Å². The van der Waals surface area contributed by atoms with Crippen LogP contribution in [0.1, 0.15) is 11.4 Å². The fourth-order valence-electron chi connectivity index (χ4n) is 1.33. The van der Waals surface area contributed by atoms with Crippen molar-refractivity contribution in [1.29, 1.82) is 0 Å². The molecule has 0 aliphatic carbocycles. The molecule has 2 rings (SSSR count). The number of ether oxygens (including phenoxy) is 1. The zero-order valence-corrected chi connectivity index (χ0v) is 10.0. The SMILES string of the molecule is COc1ccc(C)nc1NCc1cscn1. The van der Waals surface area contributed by atoms with Gasteiger partial charge < -0.3 is 10.1 Å². The average Bonchev–Trinajstić information content (AvgIpc) is 2.79. The third-order valence-corrected chi connectivity index (χ3v) is 2.77. The minimum absolute atomic E-state index is 0.663. The molecule has 0 atom stereocenters. The highest BCUT2D eigenvalue weighted by Crippen LogP contribution is 2.22. The number of methoxy groups -OCH3 is 1. The molecule has 4 nitrogen and oxygen atoms in total. The Morgan fingerprint density at radius 3 is 3.00 bits per heavy atom. The first kappa shape index (κ1) is 10.9. The summed E-state index contributed by atoms with van der Waals surface area (Å²) in [4.78, 5) is 8.58. The van der Waals surface area contributed by atoms with Gasteiger partial charge >= 0.3 is 0 Å². The highest BCUT2D eigenvalue weighted by atomic mass is 32.1. The van der Waals surface area contributed by atoms with Crippen molar-refractivity contribution in [3.05, 3.63) is 34.4 Å². The molecule has 5 heteroatoms. The molecule has 2 heterocycles. The number of aryl methyl sites for hydroxylation is 1. The Hall–Kier alpha value is -1.62. The lowest BCUT2D eigenvalue weighted by molar-refractivity contribution is 0.414. The molecule has 0 fully saturated rings. The first-order valence-corrected chi connectivity index (χ1v) is 5.86. The van der Waals surface area contributed by atoms with Crippen molar-refractivity contribution < 1.29 is 4.74 Å². The van der Waals surface area contributed by atoms with Gasteiger partial charge in [-0.15, -0.1) is 11.3 Å². The first-order valence-electron chi connectivity index (χ1n) is 4.92. The number of nitrogens with one attached hydrogen (secondary N) is 1. The van der Waals surface area contributed by atoms with E-state index in [1.165, 1.54) is 0 Å². The maximum Gasteiger partial charge on any atom is 0.169 e. The molecule has 0 spiro atoms. The Balaban J connectivity index is 2.11. The Kier molecular flexibility index (Phi) is 3.36. The predicted octanol–water partition coefficient (Wildman–Crippen LogP) is 2.47. The predicted molar refractivity (Wildman–Crippen MR) is 65.0 cm³/mol. The van der Waals surface area contributed by atoms with E-state index in [0.29, 0.717) is 6.54 Å². The van der Waals surface area contributed by atoms with E-state index in [2.05, 4.69) is 15.3 Å². The van der Waals surface area contributed by atoms with Gasteiger partial charge in [-0.2, -0.15) is 0 Å². The molecule has 0 aliphatic rings. The van der Waals surface area contributed by atoms with E-state index in [-0.39, 0.29) is 0 Å². The van der Waals surface area contributed by atoms with Gasteiger partial charge in [0.2, 0.25) is 0 Å². The quantitative estimate of drug-likeness (QED) is 0.884. The summed E-state index contributed by atoms with van der Waals surface area (Å²) in [7, 11) is 1.64. The van der Waals surface area contributed by atoms with Crippen molar-refractivity contribution in [1.82, 2.24) is 9.97 Å². The molecule has 0 aromatic carbocycles. The standard InChI is InChI=1S/C11H13N3OS/c1-8-3-4-10(15-2)11(14-8)12-5-9-6-16-7-13-9/h3-4,6-7H,5H2,1-2H3,(H,12,14). The number of nitrogens with zero attached hydrogens (tertiary/aromatic N) is 2. The van der Waals surface area contributed by atoms with E-state index in [1.54, 1.807) is 18.4 Å². The second-order valence-electron chi connectivity index (χ2n) is 3.34. The van der Waals surface area contributed by atoms with Gasteiger partial charge in [0.25, 0.3) is 0 Å². The van der Waals surface area contributed by atoms with E-state index in [9.17, 15) is 0 Å². The van der Waals surface area contributed by atoms with Crippen LogP contribution in [0.15, 0.2) is 23.0 Å². The van der Waals surface area contributed by atoms with Crippen LogP contribution in [0.3, 0.4) is 0 Å². The second kappa shape index (κ2) is 4.94. The number of hydrogen-bond acceptors (Lipinski definition) is 5. The van der Waals surface area contributed by atoms with E-state index in [4.69, 9.17) is 4.74 Å². The fraction of sp³-hybridized carbons (Fsp3) is 0.273. The van der Waals surface area contributed by atoms with Crippen LogP contribution in [0.25, 0.3) is 0 Å². The van der Waals surface area contributed by atoms with Crippen LogP contribution in [0.4, 0.5) is 5.82 Å². The van der Waals surface area contributed by atoms with Crippen molar-refractivity contribution in [2.45, 2.75) is 13.5 Å². The van der Waals surface area contributed by atoms with Crippen LogP contribution < -0.4 is 10.1 Å². The maximum atomic E-state index is 5.23. The summed E-state index contributed by atoms with van der Waals surface area (Å²) in [6, 6.07) is 3.83. The van der Waals surface area contributed by atoms with Gasteiger partial charge in [0.05, 0.1) is 24.9 Å². The molecular weight excluding hydrogens is 222 g/mol. The second-order valence-corrected chi connectivity index (χ2v) is 4.06. The normalized spacial score (nSPS) is 10.1. The van der Waals surface area contributed by atoms with Crippen LogP contribution >= 0.6 is 11.3 Å². The molecule has 0 saturated heterocycles. The molecule has 1 N–H and O–H groups in total. The van der Waals surface area contributed by atoms with Crippen LogP contribution in [0.2, 0.25) is 0 Å². The van der Waals surface area contributed by atoms with Crippen molar-refractivity contribution in [3.63, 3.8) is 0 Å². The van der Waals surface area contributed by atoms with Crippen molar-refractivity contribution in [2.75, 3.05) is 12.4 Å². The Morgan fingerprint density at radius 2 is 2.31 bits per heavy atom. The minimum atomic E-state index is 0.663. The minimum Gasteiger partial charge on any atom is -0.493 e. The Labute approximate surface area is 98.3 Å². The summed E-state index contributed by atoms with van der Waals surface area (Å²) >= 11 is 1.59. The highest BCUT2D eigenvalue weighted by Gasteiger charge is 2.04. The topological polar surface area (TPSA) is 47.0 Å². The van der Waals surface area contributed by atoms with Gasteiger partial charge in [0.15, 0.2) is 11.6 Å². The van der Waals surface area contributed by atoms with Gasteiger partial charge in [-0.25, -0.2) is 9.97 Å². The molecule has 0 bridgehead atoms. The third-order valence-electron chi connectivity index (χ3n) is 2.14. The number of anilines is 1. The van der Waals surface area contributed by atoms with E-state index in [1.807, 2.05) is 29.9 Å². The summed E-state index contributed by atoms with van der Waals surface area (Å²) in [6.07, 6.45) is 0. The van der Waals surface area contributed by atoms with Crippen molar-refractivity contribution in [2.24, 2.45) is 0 Å². The van der Waals surface area contributed by atoms with Gasteiger partial charge in [-0.1, -0.05) is 0 Å². The van der Waals surface area contributed by atoms with Crippen LogP contribution in [-0.2, 0) is 6.54 Å².